The minimum Gasteiger partial charge on any atom is -0.381 e. The van der Waals surface area contributed by atoms with E-state index in [-0.39, 0.29) is 12.0 Å². The fourth-order valence-corrected chi connectivity index (χ4v) is 5.86. The molecule has 0 unspecified atom stereocenters. The van der Waals surface area contributed by atoms with E-state index in [2.05, 4.69) is 47.5 Å². The highest BCUT2D eigenvalue weighted by Crippen LogP contribution is 2.32. The Morgan fingerprint density at radius 3 is 2.67 bits per heavy atom. The Morgan fingerprint density at radius 1 is 1.11 bits per heavy atom. The van der Waals surface area contributed by atoms with Crippen molar-refractivity contribution in [2.75, 3.05) is 23.1 Å². The topological polar surface area (TPSA) is 118 Å². The number of carbonyl (C=O) groups is 1. The number of rotatable bonds is 10. The Balaban J connectivity index is 1.29. The lowest BCUT2D eigenvalue weighted by molar-refractivity contribution is -0.114. The summed E-state index contributed by atoms with van der Waals surface area (Å²) < 4.78 is 20.6. The van der Waals surface area contributed by atoms with Crippen LogP contribution in [-0.2, 0) is 16.1 Å². The van der Waals surface area contributed by atoms with Gasteiger partial charge in [-0.2, -0.15) is 19.6 Å². The molecule has 0 atom stereocenters. The van der Waals surface area contributed by atoms with Crippen LogP contribution in [0.25, 0.3) is 27.7 Å². The van der Waals surface area contributed by atoms with E-state index in [0.29, 0.717) is 30.2 Å². The van der Waals surface area contributed by atoms with Gasteiger partial charge in [0.05, 0.1) is 18.0 Å². The van der Waals surface area contributed by atoms with E-state index in [1.54, 1.807) is 30.0 Å². The number of nitrogens with one attached hydrogen (secondary N) is 3. The molecule has 3 aromatic heterocycles. The maximum Gasteiger partial charge on any atom is 0.283 e. The third-order valence-electron chi connectivity index (χ3n) is 8.34. The van der Waals surface area contributed by atoms with Crippen LogP contribution in [0.3, 0.4) is 0 Å². The van der Waals surface area contributed by atoms with Crippen molar-refractivity contribution in [1.29, 1.82) is 0 Å². The lowest BCUT2D eigenvalue weighted by Crippen LogP contribution is -2.30. The molecular weight excluding hydrogens is 571 g/mol. The van der Waals surface area contributed by atoms with E-state index in [1.807, 2.05) is 36.5 Å². The van der Waals surface area contributed by atoms with Crippen LogP contribution in [0.4, 0.5) is 22.0 Å². The van der Waals surface area contributed by atoms with Gasteiger partial charge in [0, 0.05) is 48.1 Å². The molecule has 0 saturated heterocycles. The second-order valence-electron chi connectivity index (χ2n) is 11.7. The molecule has 3 heterocycles. The summed E-state index contributed by atoms with van der Waals surface area (Å²) in [7, 11) is 1.78. The lowest BCUT2D eigenvalue weighted by atomic mass is 9.93. The van der Waals surface area contributed by atoms with Crippen molar-refractivity contribution in [2.24, 2.45) is 0 Å². The number of benzene rings is 2. The molecule has 0 aliphatic heterocycles. The molecule has 232 valence electrons. The van der Waals surface area contributed by atoms with E-state index >= 15 is 0 Å². The molecule has 1 aliphatic carbocycles. The van der Waals surface area contributed by atoms with Crippen molar-refractivity contribution < 1.29 is 13.9 Å². The molecule has 1 saturated carbocycles. The monoisotopic (exact) mass is 608 g/mol. The number of aromatic nitrogens is 5. The lowest BCUT2D eigenvalue weighted by Gasteiger charge is -2.28. The number of hydrogen-bond donors (Lipinski definition) is 3. The smallest absolute Gasteiger partial charge is 0.283 e. The fourth-order valence-electron chi connectivity index (χ4n) is 5.86. The SMILES string of the molecule is C=C(F)C(=O)Nc1ccc2c(-c3ccccc3CNc3nc(NC4CCC(OC)CC4)nc4c(C(C)C)cnn34)nccc2c1. The van der Waals surface area contributed by atoms with Crippen LogP contribution >= 0.6 is 0 Å². The molecule has 0 radical (unpaired) electrons. The quantitative estimate of drug-likeness (QED) is 0.147. The van der Waals surface area contributed by atoms with Crippen LogP contribution < -0.4 is 16.0 Å². The number of carbonyl (C=O) groups excluding carboxylic acids is 1. The largest absolute Gasteiger partial charge is 0.381 e. The van der Waals surface area contributed by atoms with Gasteiger partial charge in [-0.05, 0) is 60.7 Å². The first-order valence-electron chi connectivity index (χ1n) is 15.2. The number of anilines is 3. The van der Waals surface area contributed by atoms with Crippen molar-refractivity contribution >= 4 is 39.9 Å². The highest BCUT2D eigenvalue weighted by atomic mass is 19.1. The van der Waals surface area contributed by atoms with Crippen molar-refractivity contribution in [1.82, 2.24) is 24.6 Å². The molecule has 3 N–H and O–H groups in total. The first-order chi connectivity index (χ1) is 21.8. The van der Waals surface area contributed by atoms with Gasteiger partial charge in [-0.1, -0.05) is 50.8 Å². The minimum atomic E-state index is -1.04. The predicted molar refractivity (Wildman–Crippen MR) is 175 cm³/mol. The summed E-state index contributed by atoms with van der Waals surface area (Å²) in [6.45, 7) is 7.79. The Morgan fingerprint density at radius 2 is 1.91 bits per heavy atom. The summed E-state index contributed by atoms with van der Waals surface area (Å²) in [5, 5.41) is 16.0. The molecule has 1 aliphatic rings. The summed E-state index contributed by atoms with van der Waals surface area (Å²) >= 11 is 0. The predicted octanol–water partition coefficient (Wildman–Crippen LogP) is 6.87. The van der Waals surface area contributed by atoms with Gasteiger partial charge in [0.2, 0.25) is 11.9 Å². The fraction of sp³-hybridized carbons (Fsp3) is 0.324. The highest BCUT2D eigenvalue weighted by molar-refractivity contribution is 6.04. The van der Waals surface area contributed by atoms with Gasteiger partial charge < -0.3 is 20.7 Å². The van der Waals surface area contributed by atoms with Crippen molar-refractivity contribution in [3.63, 3.8) is 0 Å². The molecule has 0 bridgehead atoms. The number of fused-ring (bicyclic) bond motifs is 2. The number of pyridine rings is 1. The summed E-state index contributed by atoms with van der Waals surface area (Å²) in [6.07, 6.45) is 7.91. The average molecular weight is 609 g/mol. The highest BCUT2D eigenvalue weighted by Gasteiger charge is 2.23. The Hall–Kier alpha value is -4.90. The molecule has 5 aromatic rings. The van der Waals surface area contributed by atoms with Gasteiger partial charge in [0.1, 0.15) is 0 Å². The second-order valence-corrected chi connectivity index (χ2v) is 11.7. The molecule has 10 nitrogen and oxygen atoms in total. The first-order valence-corrected chi connectivity index (χ1v) is 15.2. The van der Waals surface area contributed by atoms with Crippen molar-refractivity contribution in [3.8, 4) is 11.3 Å². The number of ether oxygens (including phenoxy) is 1. The van der Waals surface area contributed by atoms with Gasteiger partial charge >= 0.3 is 0 Å². The average Bonchev–Trinajstić information content (AvgIpc) is 3.48. The third-order valence-corrected chi connectivity index (χ3v) is 8.34. The summed E-state index contributed by atoms with van der Waals surface area (Å²) in [5.41, 5.74) is 5.06. The minimum absolute atomic E-state index is 0.248. The summed E-state index contributed by atoms with van der Waals surface area (Å²) in [4.78, 5) is 26.3. The van der Waals surface area contributed by atoms with Gasteiger partial charge in [-0.25, -0.2) is 4.39 Å². The number of hydrogen-bond acceptors (Lipinski definition) is 8. The van der Waals surface area contributed by atoms with Crippen molar-refractivity contribution in [2.45, 2.75) is 64.1 Å². The standard InChI is InChI=1S/C34H37FN8O2/c1-20(2)29-19-38-43-31(29)41-33(40-24-9-12-26(45-4)13-10-24)42-34(43)37-18-23-7-5-6-8-27(23)30-28-14-11-25(39-32(44)21(3)35)17-22(28)15-16-36-30/h5-8,11,14-17,19-20,24,26H,3,9-10,12-13,18H2,1-2,4H3,(H,39,44)(H2,37,40,41,42). The molecule has 0 spiro atoms. The Kier molecular flexibility index (Phi) is 8.70. The van der Waals surface area contributed by atoms with Gasteiger partial charge in [0.15, 0.2) is 11.5 Å². The maximum atomic E-state index is 13.3. The molecule has 45 heavy (non-hydrogen) atoms. The zero-order chi connectivity index (χ0) is 31.5. The number of nitrogens with zero attached hydrogens (tertiary/aromatic N) is 5. The number of amides is 1. The van der Waals surface area contributed by atoms with Crippen LogP contribution in [0.2, 0.25) is 0 Å². The number of halogens is 1. The molecule has 6 rings (SSSR count). The zero-order valence-corrected chi connectivity index (χ0v) is 25.7. The molecule has 1 fully saturated rings. The summed E-state index contributed by atoms with van der Waals surface area (Å²) in [6, 6.07) is 15.6. The molecule has 11 heteroatoms. The third kappa shape index (κ3) is 6.48. The summed E-state index contributed by atoms with van der Waals surface area (Å²) in [5.74, 6) is -0.487. The van der Waals surface area contributed by atoms with E-state index in [9.17, 15) is 9.18 Å². The van der Waals surface area contributed by atoms with E-state index in [4.69, 9.17) is 19.7 Å². The van der Waals surface area contributed by atoms with E-state index < -0.39 is 11.7 Å². The van der Waals surface area contributed by atoms with E-state index in [0.717, 1.165) is 64.5 Å². The van der Waals surface area contributed by atoms with Gasteiger partial charge in [0.25, 0.3) is 5.91 Å². The molecule has 1 amide bonds. The number of methoxy groups -OCH3 is 1. The van der Waals surface area contributed by atoms with Crippen LogP contribution in [0.5, 0.6) is 0 Å². The normalized spacial score (nSPS) is 16.6. The van der Waals surface area contributed by atoms with Crippen LogP contribution in [0.15, 0.2) is 73.3 Å². The van der Waals surface area contributed by atoms with Crippen LogP contribution in [0, 0.1) is 0 Å². The Bertz CT molecular complexity index is 1860. The van der Waals surface area contributed by atoms with E-state index in [1.165, 1.54) is 0 Å². The van der Waals surface area contributed by atoms with Crippen LogP contribution in [-0.4, -0.2) is 49.7 Å². The maximum absolute atomic E-state index is 13.3. The zero-order valence-electron chi connectivity index (χ0n) is 25.7. The van der Waals surface area contributed by atoms with Crippen molar-refractivity contribution in [3.05, 3.63) is 84.5 Å². The molecular formula is C34H37FN8O2. The Labute approximate surface area is 261 Å². The molecule has 2 aromatic carbocycles. The van der Waals surface area contributed by atoms with Gasteiger partial charge in [-0.3, -0.25) is 9.78 Å². The van der Waals surface area contributed by atoms with Gasteiger partial charge in [-0.15, -0.1) is 0 Å². The first kappa shape index (κ1) is 30.1. The van der Waals surface area contributed by atoms with Crippen LogP contribution in [0.1, 0.15) is 56.6 Å². The second kappa shape index (κ2) is 13.0.